The van der Waals surface area contributed by atoms with Crippen molar-refractivity contribution < 1.29 is 9.53 Å². The average Bonchev–Trinajstić information content (AvgIpc) is 2.68. The monoisotopic (exact) mass is 360 g/mol. The minimum absolute atomic E-state index is 0.185. The highest BCUT2D eigenvalue weighted by molar-refractivity contribution is 6.02. The minimum atomic E-state index is -0.185. The molecule has 6 heteroatoms. The van der Waals surface area contributed by atoms with Gasteiger partial charge in [-0.25, -0.2) is 4.98 Å². The Hall–Kier alpha value is -3.67. The summed E-state index contributed by atoms with van der Waals surface area (Å²) < 4.78 is 5.15. The molecule has 0 fully saturated rings. The molecule has 0 bridgehead atoms. The lowest BCUT2D eigenvalue weighted by Crippen LogP contribution is -2.07. The first-order chi connectivity index (χ1) is 13.1. The molecule has 0 aliphatic carbocycles. The van der Waals surface area contributed by atoms with Crippen LogP contribution in [0.25, 0.3) is 6.08 Å². The Morgan fingerprint density at radius 3 is 2.41 bits per heavy atom. The van der Waals surface area contributed by atoms with Crippen LogP contribution in [0.2, 0.25) is 0 Å². The molecule has 1 aromatic heterocycles. The fraction of sp³-hybridized carbons (Fsp3) is 0.0952. The van der Waals surface area contributed by atoms with Crippen LogP contribution in [0.15, 0.2) is 66.7 Å². The molecule has 27 heavy (non-hydrogen) atoms. The number of amides is 1. The number of benzene rings is 2. The van der Waals surface area contributed by atoms with E-state index in [2.05, 4.69) is 20.6 Å². The van der Waals surface area contributed by atoms with E-state index in [1.165, 1.54) is 6.08 Å². The second-order valence-corrected chi connectivity index (χ2v) is 5.78. The van der Waals surface area contributed by atoms with Crippen molar-refractivity contribution in [1.82, 2.24) is 9.97 Å². The number of nitrogens with one attached hydrogen (secondary N) is 2. The van der Waals surface area contributed by atoms with Gasteiger partial charge in [0.2, 0.25) is 11.8 Å². The zero-order valence-corrected chi connectivity index (χ0v) is 15.1. The number of nitrogens with zero attached hydrogens (tertiary/aromatic N) is 2. The topological polar surface area (TPSA) is 76.1 Å². The third-order valence-electron chi connectivity index (χ3n) is 3.68. The van der Waals surface area contributed by atoms with Crippen molar-refractivity contribution in [3.8, 4) is 5.88 Å². The number of anilines is 3. The molecule has 0 aliphatic rings. The van der Waals surface area contributed by atoms with E-state index < -0.39 is 0 Å². The molecule has 0 atom stereocenters. The molecule has 2 N–H and O–H groups in total. The second kappa shape index (κ2) is 8.62. The predicted octanol–water partition coefficient (Wildman–Crippen LogP) is 4.19. The summed E-state index contributed by atoms with van der Waals surface area (Å²) >= 11 is 0. The van der Waals surface area contributed by atoms with Gasteiger partial charge in [0.15, 0.2) is 0 Å². The highest BCUT2D eigenvalue weighted by Gasteiger charge is 2.03. The van der Waals surface area contributed by atoms with Crippen LogP contribution >= 0.6 is 0 Å². The Balaban J connectivity index is 1.61. The zero-order chi connectivity index (χ0) is 19.1. The molecule has 0 spiro atoms. The van der Waals surface area contributed by atoms with E-state index in [9.17, 15) is 4.79 Å². The maximum absolute atomic E-state index is 12.0. The molecule has 0 saturated carbocycles. The summed E-state index contributed by atoms with van der Waals surface area (Å²) in [7, 11) is 1.56. The quantitative estimate of drug-likeness (QED) is 0.645. The normalized spacial score (nSPS) is 10.6. The molecule has 3 aromatic rings. The Morgan fingerprint density at radius 2 is 1.70 bits per heavy atom. The average molecular weight is 360 g/mol. The van der Waals surface area contributed by atoms with E-state index in [0.717, 1.165) is 11.3 Å². The van der Waals surface area contributed by atoms with Gasteiger partial charge in [-0.2, -0.15) is 4.98 Å². The van der Waals surface area contributed by atoms with Crippen LogP contribution in [0, 0.1) is 6.92 Å². The molecular weight excluding hydrogens is 340 g/mol. The lowest BCUT2D eigenvalue weighted by atomic mass is 10.2. The number of carbonyl (C=O) groups excluding carboxylic acids is 1. The van der Waals surface area contributed by atoms with Gasteiger partial charge in [-0.1, -0.05) is 30.3 Å². The Morgan fingerprint density at radius 1 is 1.00 bits per heavy atom. The van der Waals surface area contributed by atoms with Crippen molar-refractivity contribution in [2.45, 2.75) is 6.92 Å². The number of aryl methyl sites for hydroxylation is 1. The number of ether oxygens (including phenoxy) is 1. The van der Waals surface area contributed by atoms with Gasteiger partial charge in [0.25, 0.3) is 0 Å². The zero-order valence-electron chi connectivity index (χ0n) is 15.1. The first kappa shape index (κ1) is 18.1. The number of carbonyl (C=O) groups is 1. The Labute approximate surface area is 157 Å². The summed E-state index contributed by atoms with van der Waals surface area (Å²) in [6.45, 7) is 1.80. The SMILES string of the molecule is COc1cc(Nc2ccc(NC(=O)C=Cc3ccccc3)cc2)nc(C)n1. The van der Waals surface area contributed by atoms with Crippen molar-refractivity contribution in [3.05, 3.63) is 78.1 Å². The van der Waals surface area contributed by atoms with Crippen molar-refractivity contribution in [1.29, 1.82) is 0 Å². The third kappa shape index (κ3) is 5.40. The van der Waals surface area contributed by atoms with Gasteiger partial charge in [-0.15, -0.1) is 0 Å². The smallest absolute Gasteiger partial charge is 0.248 e. The summed E-state index contributed by atoms with van der Waals surface area (Å²) in [6.07, 6.45) is 3.29. The summed E-state index contributed by atoms with van der Waals surface area (Å²) in [6, 6.07) is 18.8. The fourth-order valence-electron chi connectivity index (χ4n) is 2.41. The van der Waals surface area contributed by atoms with Crippen LogP contribution in [0.3, 0.4) is 0 Å². The standard InChI is InChI=1S/C21H20N4O2/c1-15-22-19(14-21(23-15)27-2)24-17-9-11-18(12-10-17)25-20(26)13-8-16-6-4-3-5-7-16/h3-14H,1-2H3,(H,25,26)(H,22,23,24). The molecule has 1 heterocycles. The molecule has 3 rings (SSSR count). The molecule has 0 aliphatic heterocycles. The van der Waals surface area contributed by atoms with Crippen molar-refractivity contribution >= 4 is 29.2 Å². The number of hydrogen-bond acceptors (Lipinski definition) is 5. The number of rotatable bonds is 6. The van der Waals surface area contributed by atoms with Crippen LogP contribution in [0.5, 0.6) is 5.88 Å². The first-order valence-electron chi connectivity index (χ1n) is 8.43. The Bertz CT molecular complexity index is 938. The van der Waals surface area contributed by atoms with E-state index in [1.54, 1.807) is 26.2 Å². The Kier molecular flexibility index (Phi) is 5.79. The van der Waals surface area contributed by atoms with E-state index in [-0.39, 0.29) is 5.91 Å². The van der Waals surface area contributed by atoms with E-state index in [1.807, 2.05) is 54.6 Å². The number of methoxy groups -OCH3 is 1. The van der Waals surface area contributed by atoms with Gasteiger partial charge in [-0.05, 0) is 42.8 Å². The van der Waals surface area contributed by atoms with Gasteiger partial charge < -0.3 is 15.4 Å². The predicted molar refractivity (Wildman–Crippen MR) is 107 cm³/mol. The second-order valence-electron chi connectivity index (χ2n) is 5.78. The van der Waals surface area contributed by atoms with Crippen LogP contribution < -0.4 is 15.4 Å². The summed E-state index contributed by atoms with van der Waals surface area (Å²) in [5.41, 5.74) is 2.52. The summed E-state index contributed by atoms with van der Waals surface area (Å²) in [4.78, 5) is 20.5. The molecule has 6 nitrogen and oxygen atoms in total. The maximum Gasteiger partial charge on any atom is 0.248 e. The molecular formula is C21H20N4O2. The van der Waals surface area contributed by atoms with E-state index in [4.69, 9.17) is 4.74 Å². The van der Waals surface area contributed by atoms with Gasteiger partial charge in [0, 0.05) is 23.5 Å². The summed E-state index contributed by atoms with van der Waals surface area (Å²) in [5.74, 6) is 1.57. The van der Waals surface area contributed by atoms with Crippen LogP contribution in [0.1, 0.15) is 11.4 Å². The van der Waals surface area contributed by atoms with Gasteiger partial charge >= 0.3 is 0 Å². The van der Waals surface area contributed by atoms with E-state index >= 15 is 0 Å². The minimum Gasteiger partial charge on any atom is -0.481 e. The van der Waals surface area contributed by atoms with Crippen molar-refractivity contribution in [2.24, 2.45) is 0 Å². The van der Waals surface area contributed by atoms with Crippen LogP contribution in [-0.2, 0) is 4.79 Å². The molecule has 0 unspecified atom stereocenters. The van der Waals surface area contributed by atoms with Crippen LogP contribution in [-0.4, -0.2) is 23.0 Å². The number of hydrogen-bond donors (Lipinski definition) is 2. The lowest BCUT2D eigenvalue weighted by Gasteiger charge is -2.09. The van der Waals surface area contributed by atoms with Gasteiger partial charge in [-0.3, -0.25) is 4.79 Å². The number of aromatic nitrogens is 2. The summed E-state index contributed by atoms with van der Waals surface area (Å²) in [5, 5.41) is 6.02. The molecule has 1 amide bonds. The molecule has 2 aromatic carbocycles. The maximum atomic E-state index is 12.0. The highest BCUT2D eigenvalue weighted by Crippen LogP contribution is 2.20. The highest BCUT2D eigenvalue weighted by atomic mass is 16.5. The van der Waals surface area contributed by atoms with Gasteiger partial charge in [0.1, 0.15) is 11.6 Å². The van der Waals surface area contributed by atoms with Crippen LogP contribution in [0.4, 0.5) is 17.2 Å². The van der Waals surface area contributed by atoms with Gasteiger partial charge in [0.05, 0.1) is 7.11 Å². The lowest BCUT2D eigenvalue weighted by molar-refractivity contribution is -0.111. The van der Waals surface area contributed by atoms with Crippen molar-refractivity contribution in [3.63, 3.8) is 0 Å². The largest absolute Gasteiger partial charge is 0.481 e. The van der Waals surface area contributed by atoms with E-state index in [0.29, 0.717) is 23.2 Å². The first-order valence-corrected chi connectivity index (χ1v) is 8.43. The fourth-order valence-corrected chi connectivity index (χ4v) is 2.41. The van der Waals surface area contributed by atoms with Crippen molar-refractivity contribution in [2.75, 3.05) is 17.7 Å². The molecule has 0 saturated heterocycles. The molecule has 0 radical (unpaired) electrons. The molecule has 136 valence electrons. The third-order valence-corrected chi connectivity index (χ3v) is 3.68.